The van der Waals surface area contributed by atoms with E-state index in [4.69, 9.17) is 20.3 Å². The molecule has 1 aromatic rings. The molecule has 0 spiro atoms. The second-order valence-corrected chi connectivity index (χ2v) is 6.12. The lowest BCUT2D eigenvalue weighted by Crippen LogP contribution is -2.55. The average molecular weight is 358 g/mol. The first-order valence-corrected chi connectivity index (χ1v) is 8.10. The van der Waals surface area contributed by atoms with Gasteiger partial charge in [0.2, 0.25) is 0 Å². The predicted octanol–water partition coefficient (Wildman–Crippen LogP) is -0.974. The van der Waals surface area contributed by atoms with Crippen LogP contribution < -0.4 is 11.1 Å². The number of carboxylic acids is 1. The normalized spacial score (nSPS) is 23.1. The molecule has 0 radical (unpaired) electrons. The number of aliphatic carboxylic acids is 1. The highest BCUT2D eigenvalue weighted by atomic mass is 32.1. The maximum Gasteiger partial charge on any atom is 0.472 e. The summed E-state index contributed by atoms with van der Waals surface area (Å²) in [6.45, 7) is 0. The minimum Gasteiger partial charge on any atom is -0.481 e. The average Bonchev–Trinajstić information content (AvgIpc) is 2.93. The molecule has 1 aromatic heterocycles. The summed E-state index contributed by atoms with van der Waals surface area (Å²) in [7, 11) is 0.0828. The van der Waals surface area contributed by atoms with Crippen LogP contribution in [0.4, 0.5) is 5.13 Å². The summed E-state index contributed by atoms with van der Waals surface area (Å²) < 4.78 is 5.26. The molecule has 1 unspecified atom stereocenters. The van der Waals surface area contributed by atoms with Gasteiger partial charge in [0.05, 0.1) is 12.5 Å². The zero-order valence-corrected chi connectivity index (χ0v) is 13.8. The molecule has 0 amide bonds. The molecule has 0 saturated carbocycles. The quantitative estimate of drug-likeness (QED) is 0.179. The summed E-state index contributed by atoms with van der Waals surface area (Å²) in [5.41, 5.74) is 6.05. The van der Waals surface area contributed by atoms with E-state index in [2.05, 4.69) is 15.5 Å². The second-order valence-electron chi connectivity index (χ2n) is 5.23. The van der Waals surface area contributed by atoms with E-state index in [-0.39, 0.29) is 12.1 Å². The number of hydrogen-bond donors (Lipinski definition) is 5. The summed E-state index contributed by atoms with van der Waals surface area (Å²) in [5, 5.41) is 37.5. The van der Waals surface area contributed by atoms with E-state index in [1.807, 2.05) is 0 Å². The van der Waals surface area contributed by atoms with Gasteiger partial charge < -0.3 is 30.5 Å². The molecule has 10 nitrogen and oxygen atoms in total. The third-order valence-corrected chi connectivity index (χ3v) is 4.16. The standard InChI is InChI=1S/C12H19BN4O6S/c1-22-17-10(7-5-24-12(14)15-7)11(20)16-8-3-2-6(4-9(18)19)23-13(8)21/h5-6,8,11,16,20-21H,2-4H2,1H3,(H2,14,15)(H,18,19)/b17-10-/t6-,8-,11?/m0/s1. The van der Waals surface area contributed by atoms with Gasteiger partial charge in [-0.05, 0) is 12.8 Å². The summed E-state index contributed by atoms with van der Waals surface area (Å²) in [6.07, 6.45) is -1.14. The molecule has 1 fully saturated rings. The summed E-state index contributed by atoms with van der Waals surface area (Å²) in [5.74, 6) is -1.59. The Hall–Kier alpha value is -1.73. The minimum atomic E-state index is -1.27. The molecule has 0 aromatic carbocycles. The molecule has 0 aliphatic carbocycles. The number of nitrogens with zero attached hydrogens (tertiary/aromatic N) is 2. The van der Waals surface area contributed by atoms with Crippen molar-refractivity contribution in [2.45, 2.75) is 37.5 Å². The van der Waals surface area contributed by atoms with Crippen molar-refractivity contribution in [3.8, 4) is 0 Å². The molecule has 1 aliphatic rings. The number of aromatic nitrogens is 1. The van der Waals surface area contributed by atoms with Crippen molar-refractivity contribution in [1.82, 2.24) is 10.3 Å². The van der Waals surface area contributed by atoms with Crippen molar-refractivity contribution in [2.75, 3.05) is 12.8 Å². The van der Waals surface area contributed by atoms with Crippen LogP contribution in [0.25, 0.3) is 0 Å². The zero-order chi connectivity index (χ0) is 17.7. The Kier molecular flexibility index (Phi) is 6.51. The van der Waals surface area contributed by atoms with Crippen molar-refractivity contribution in [3.63, 3.8) is 0 Å². The van der Waals surface area contributed by atoms with Crippen LogP contribution in [-0.4, -0.2) is 64.4 Å². The first-order chi connectivity index (χ1) is 11.4. The predicted molar refractivity (Wildman–Crippen MR) is 87.3 cm³/mol. The van der Waals surface area contributed by atoms with E-state index in [1.54, 1.807) is 5.38 Å². The highest BCUT2D eigenvalue weighted by molar-refractivity contribution is 7.13. The number of nitrogen functional groups attached to an aromatic ring is 1. The van der Waals surface area contributed by atoms with Gasteiger partial charge in [-0.2, -0.15) is 0 Å². The van der Waals surface area contributed by atoms with Gasteiger partial charge >= 0.3 is 13.1 Å². The number of carboxylic acid groups (broad SMARTS) is 1. The number of hydrogen-bond acceptors (Lipinski definition) is 10. The smallest absolute Gasteiger partial charge is 0.472 e. The Morgan fingerprint density at radius 1 is 1.71 bits per heavy atom. The molecular formula is C12H19BN4O6S. The van der Waals surface area contributed by atoms with E-state index >= 15 is 0 Å². The first kappa shape index (κ1) is 18.6. The van der Waals surface area contributed by atoms with Gasteiger partial charge in [0.25, 0.3) is 0 Å². The Morgan fingerprint density at radius 3 is 3.00 bits per heavy atom. The van der Waals surface area contributed by atoms with Crippen LogP contribution in [0.3, 0.4) is 0 Å². The number of carbonyl (C=O) groups is 1. The number of thiazole rings is 1. The van der Waals surface area contributed by atoms with Gasteiger partial charge in [-0.1, -0.05) is 5.16 Å². The van der Waals surface area contributed by atoms with Crippen molar-refractivity contribution < 1.29 is 29.5 Å². The molecule has 0 bridgehead atoms. The molecule has 24 heavy (non-hydrogen) atoms. The number of oxime groups is 1. The Morgan fingerprint density at radius 2 is 2.46 bits per heavy atom. The van der Waals surface area contributed by atoms with Crippen LogP contribution >= 0.6 is 11.3 Å². The Labute approximate surface area is 142 Å². The van der Waals surface area contributed by atoms with Gasteiger partial charge in [0, 0.05) is 11.3 Å². The van der Waals surface area contributed by atoms with Crippen LogP contribution in [0.2, 0.25) is 0 Å². The molecule has 132 valence electrons. The number of anilines is 1. The molecular weight excluding hydrogens is 339 g/mol. The second kappa shape index (κ2) is 8.40. The van der Waals surface area contributed by atoms with Gasteiger partial charge in [0.1, 0.15) is 18.5 Å². The monoisotopic (exact) mass is 358 g/mol. The lowest BCUT2D eigenvalue weighted by atomic mass is 9.72. The van der Waals surface area contributed by atoms with Crippen LogP contribution in [0.5, 0.6) is 0 Å². The van der Waals surface area contributed by atoms with Crippen molar-refractivity contribution in [3.05, 3.63) is 11.1 Å². The number of aliphatic hydroxyl groups is 1. The fourth-order valence-corrected chi connectivity index (χ4v) is 2.96. The maximum atomic E-state index is 10.7. The summed E-state index contributed by atoms with van der Waals surface area (Å²) in [6, 6.07) is 0. The highest BCUT2D eigenvalue weighted by Crippen LogP contribution is 2.20. The number of nitrogens with two attached hydrogens (primary N) is 1. The Balaban J connectivity index is 1.99. The number of nitrogens with one attached hydrogen (secondary N) is 1. The summed E-state index contributed by atoms with van der Waals surface area (Å²) >= 11 is 1.19. The van der Waals surface area contributed by atoms with E-state index in [1.165, 1.54) is 18.4 Å². The molecule has 2 rings (SSSR count). The van der Waals surface area contributed by atoms with Gasteiger partial charge in [-0.15, -0.1) is 11.3 Å². The third-order valence-electron chi connectivity index (χ3n) is 3.48. The van der Waals surface area contributed by atoms with Crippen LogP contribution in [0.15, 0.2) is 10.5 Å². The van der Waals surface area contributed by atoms with E-state index in [0.29, 0.717) is 23.7 Å². The van der Waals surface area contributed by atoms with Crippen LogP contribution in [0, 0.1) is 0 Å². The molecule has 2 heterocycles. The fourth-order valence-electron chi connectivity index (χ4n) is 2.40. The third kappa shape index (κ3) is 4.88. The van der Waals surface area contributed by atoms with E-state index in [0.717, 1.165) is 0 Å². The van der Waals surface area contributed by atoms with E-state index < -0.39 is 31.4 Å². The first-order valence-electron chi connectivity index (χ1n) is 7.22. The lowest BCUT2D eigenvalue weighted by Gasteiger charge is -2.32. The molecule has 1 aliphatic heterocycles. The van der Waals surface area contributed by atoms with Crippen molar-refractivity contribution in [1.29, 1.82) is 0 Å². The summed E-state index contributed by atoms with van der Waals surface area (Å²) in [4.78, 5) is 19.4. The van der Waals surface area contributed by atoms with Gasteiger partial charge in [-0.3, -0.25) is 10.1 Å². The van der Waals surface area contributed by atoms with Crippen molar-refractivity contribution >= 4 is 35.3 Å². The Bertz CT molecular complexity index is 600. The minimum absolute atomic E-state index is 0.116. The lowest BCUT2D eigenvalue weighted by molar-refractivity contribution is -0.139. The van der Waals surface area contributed by atoms with Crippen LogP contribution in [-0.2, 0) is 14.3 Å². The molecule has 12 heteroatoms. The number of aliphatic hydroxyl groups excluding tert-OH is 1. The fraction of sp³-hybridized carbons (Fsp3) is 0.583. The largest absolute Gasteiger partial charge is 0.481 e. The number of rotatable bonds is 7. The topological polar surface area (TPSA) is 160 Å². The SMILES string of the molecule is CO/N=C(/c1csc(N)n1)C(O)N[C@H]1CC[C@@H](CC(=O)O)OB1O. The van der Waals surface area contributed by atoms with Crippen molar-refractivity contribution in [2.24, 2.45) is 5.16 Å². The zero-order valence-electron chi connectivity index (χ0n) is 13.0. The maximum absolute atomic E-state index is 10.7. The molecule has 1 saturated heterocycles. The highest BCUT2D eigenvalue weighted by Gasteiger charge is 2.37. The van der Waals surface area contributed by atoms with Gasteiger partial charge in [-0.25, -0.2) is 4.98 Å². The van der Waals surface area contributed by atoms with E-state index in [9.17, 15) is 14.9 Å². The molecule has 3 atom stereocenters. The van der Waals surface area contributed by atoms with Crippen LogP contribution in [0.1, 0.15) is 25.0 Å². The van der Waals surface area contributed by atoms with Gasteiger partial charge in [0.15, 0.2) is 11.4 Å². The molecule has 6 N–H and O–H groups in total.